The first kappa shape index (κ1) is 24.5. The summed E-state index contributed by atoms with van der Waals surface area (Å²) in [5, 5.41) is 13.6. The van der Waals surface area contributed by atoms with E-state index in [4.69, 9.17) is 16.3 Å². The molecule has 1 saturated heterocycles. The van der Waals surface area contributed by atoms with Gasteiger partial charge >= 0.3 is 0 Å². The number of rotatable bonds is 6. The number of hydrogen-bond donors (Lipinski definition) is 1. The number of Topliss-reactive ketones (excluding diaryl/α,β-unsaturated/α-hetero) is 1. The maximum absolute atomic E-state index is 13.5. The Morgan fingerprint density at radius 3 is 2.49 bits per heavy atom. The highest BCUT2D eigenvalue weighted by Gasteiger charge is 2.46. The first-order valence-electron chi connectivity index (χ1n) is 11.8. The first-order valence-corrected chi connectivity index (χ1v) is 12.2. The van der Waals surface area contributed by atoms with E-state index in [0.29, 0.717) is 34.1 Å². The molecule has 1 atom stereocenters. The topological polar surface area (TPSA) is 66.8 Å². The number of aliphatic hydroxyl groups is 1. The number of hydrogen-bond acceptors (Lipinski definition) is 4. The molecule has 5 rings (SSSR count). The first-order chi connectivity index (χ1) is 17.9. The SMILES string of the molecule is CCOc1cc(/C(O)=C2/C(=O)C(=O)N(Cc3ccc(F)cc3)C2c2cccc3ccccc23)ccc1Cl. The quantitative estimate of drug-likeness (QED) is 0.177. The van der Waals surface area contributed by atoms with E-state index in [-0.39, 0.29) is 17.9 Å². The lowest BCUT2D eigenvalue weighted by Gasteiger charge is -2.26. The number of ether oxygens (including phenoxy) is 1. The van der Waals surface area contributed by atoms with Crippen LogP contribution in [0.25, 0.3) is 16.5 Å². The minimum atomic E-state index is -0.873. The van der Waals surface area contributed by atoms with Crippen molar-refractivity contribution < 1.29 is 23.8 Å². The van der Waals surface area contributed by atoms with Crippen LogP contribution in [0.1, 0.15) is 29.7 Å². The van der Waals surface area contributed by atoms with Gasteiger partial charge in [-0.25, -0.2) is 4.39 Å². The lowest BCUT2D eigenvalue weighted by atomic mass is 9.91. The summed E-state index contributed by atoms with van der Waals surface area (Å²) >= 11 is 6.23. The Morgan fingerprint density at radius 2 is 1.73 bits per heavy atom. The van der Waals surface area contributed by atoms with Gasteiger partial charge in [-0.15, -0.1) is 0 Å². The van der Waals surface area contributed by atoms with E-state index >= 15 is 0 Å². The number of likely N-dealkylation sites (tertiary alicyclic amines) is 1. The number of nitrogens with zero attached hydrogens (tertiary/aromatic N) is 1. The van der Waals surface area contributed by atoms with Crippen LogP contribution in [-0.2, 0) is 16.1 Å². The summed E-state index contributed by atoms with van der Waals surface area (Å²) in [6.45, 7) is 2.23. The number of fused-ring (bicyclic) bond motifs is 1. The average Bonchev–Trinajstić information content (AvgIpc) is 3.15. The molecule has 1 fully saturated rings. The molecular formula is C30H23ClFNO4. The van der Waals surface area contributed by atoms with Gasteiger partial charge in [0.2, 0.25) is 0 Å². The molecule has 1 N–H and O–H groups in total. The Labute approximate surface area is 218 Å². The molecule has 4 aromatic rings. The standard InChI is InChI=1S/C30H23ClFNO4/c1-2-37-25-16-20(12-15-24(25)31)28(34)26-27(23-9-5-7-19-6-3-4-8-22(19)23)33(30(36)29(26)35)17-18-10-13-21(32)14-11-18/h3-16,27,34H,2,17H2,1H3/b28-26-. The molecule has 1 aliphatic heterocycles. The smallest absolute Gasteiger partial charge is 0.295 e. The lowest BCUT2D eigenvalue weighted by Crippen LogP contribution is -2.29. The Balaban J connectivity index is 1.71. The van der Waals surface area contributed by atoms with Gasteiger partial charge in [-0.3, -0.25) is 9.59 Å². The Hall–Kier alpha value is -4.16. The number of aliphatic hydroxyl groups excluding tert-OH is 1. The second-order valence-electron chi connectivity index (χ2n) is 8.70. The summed E-state index contributed by atoms with van der Waals surface area (Å²) < 4.78 is 19.1. The molecule has 0 aromatic heterocycles. The minimum absolute atomic E-state index is 0.0340. The van der Waals surface area contributed by atoms with E-state index in [1.807, 2.05) is 49.4 Å². The third-order valence-electron chi connectivity index (χ3n) is 6.43. The van der Waals surface area contributed by atoms with E-state index in [2.05, 4.69) is 0 Å². The van der Waals surface area contributed by atoms with Crippen molar-refractivity contribution in [3.8, 4) is 5.75 Å². The number of ketones is 1. The highest BCUT2D eigenvalue weighted by Crippen LogP contribution is 2.43. The highest BCUT2D eigenvalue weighted by atomic mass is 35.5. The molecule has 0 aliphatic carbocycles. The fourth-order valence-electron chi connectivity index (χ4n) is 4.71. The molecule has 4 aromatic carbocycles. The van der Waals surface area contributed by atoms with Crippen LogP contribution in [0, 0.1) is 5.82 Å². The van der Waals surface area contributed by atoms with Gasteiger partial charge in [0, 0.05) is 12.1 Å². The summed E-state index contributed by atoms with van der Waals surface area (Å²) in [4.78, 5) is 28.2. The van der Waals surface area contributed by atoms with Crippen molar-refractivity contribution in [2.24, 2.45) is 0 Å². The van der Waals surface area contributed by atoms with E-state index in [1.54, 1.807) is 30.3 Å². The van der Waals surface area contributed by atoms with Gasteiger partial charge in [0.15, 0.2) is 0 Å². The van der Waals surface area contributed by atoms with Crippen molar-refractivity contribution in [2.45, 2.75) is 19.5 Å². The average molecular weight is 516 g/mol. The van der Waals surface area contributed by atoms with Crippen molar-refractivity contribution in [1.29, 1.82) is 0 Å². The van der Waals surface area contributed by atoms with Crippen molar-refractivity contribution in [3.63, 3.8) is 0 Å². The summed E-state index contributed by atoms with van der Waals surface area (Å²) in [7, 11) is 0. The number of carbonyl (C=O) groups is 2. The van der Waals surface area contributed by atoms with Gasteiger partial charge in [-0.2, -0.15) is 0 Å². The van der Waals surface area contributed by atoms with Crippen LogP contribution >= 0.6 is 11.6 Å². The molecule has 1 heterocycles. The Bertz CT molecular complexity index is 1540. The number of amides is 1. The van der Waals surface area contributed by atoms with Crippen LogP contribution in [0.4, 0.5) is 4.39 Å². The van der Waals surface area contributed by atoms with Crippen LogP contribution in [-0.4, -0.2) is 28.3 Å². The zero-order chi connectivity index (χ0) is 26.1. The minimum Gasteiger partial charge on any atom is -0.507 e. The maximum Gasteiger partial charge on any atom is 0.295 e. The zero-order valence-corrected chi connectivity index (χ0v) is 20.7. The van der Waals surface area contributed by atoms with Gasteiger partial charge < -0.3 is 14.7 Å². The van der Waals surface area contributed by atoms with Crippen molar-refractivity contribution in [2.75, 3.05) is 6.61 Å². The molecule has 1 amide bonds. The van der Waals surface area contributed by atoms with E-state index in [9.17, 15) is 19.1 Å². The van der Waals surface area contributed by atoms with Crippen molar-refractivity contribution in [1.82, 2.24) is 4.90 Å². The van der Waals surface area contributed by atoms with Crippen LogP contribution in [0.3, 0.4) is 0 Å². The fraction of sp³-hybridized carbons (Fsp3) is 0.133. The molecule has 186 valence electrons. The summed E-state index contributed by atoms with van der Waals surface area (Å²) in [5.41, 5.74) is 1.62. The van der Waals surface area contributed by atoms with Gasteiger partial charge in [0.25, 0.3) is 11.7 Å². The Morgan fingerprint density at radius 1 is 1.00 bits per heavy atom. The predicted molar refractivity (Wildman–Crippen MR) is 141 cm³/mol. The molecule has 0 spiro atoms. The second-order valence-corrected chi connectivity index (χ2v) is 9.11. The largest absolute Gasteiger partial charge is 0.507 e. The molecule has 0 bridgehead atoms. The summed E-state index contributed by atoms with van der Waals surface area (Å²) in [6, 6.07) is 22.9. The molecular weight excluding hydrogens is 493 g/mol. The summed E-state index contributed by atoms with van der Waals surface area (Å²) in [6.07, 6.45) is 0. The van der Waals surface area contributed by atoms with Crippen LogP contribution < -0.4 is 4.74 Å². The molecule has 1 aliphatic rings. The normalized spacial score (nSPS) is 16.9. The fourth-order valence-corrected chi connectivity index (χ4v) is 4.89. The maximum atomic E-state index is 13.5. The third-order valence-corrected chi connectivity index (χ3v) is 6.74. The van der Waals surface area contributed by atoms with Gasteiger partial charge in [0.1, 0.15) is 17.3 Å². The second kappa shape index (κ2) is 10.1. The molecule has 5 nitrogen and oxygen atoms in total. The molecule has 0 saturated carbocycles. The monoisotopic (exact) mass is 515 g/mol. The third kappa shape index (κ3) is 4.56. The van der Waals surface area contributed by atoms with Gasteiger partial charge in [0.05, 0.1) is 23.2 Å². The zero-order valence-electron chi connectivity index (χ0n) is 19.9. The van der Waals surface area contributed by atoms with Gasteiger partial charge in [-0.05, 0) is 59.2 Å². The van der Waals surface area contributed by atoms with Crippen LogP contribution in [0.2, 0.25) is 5.02 Å². The predicted octanol–water partition coefficient (Wildman–Crippen LogP) is 6.65. The van der Waals surface area contributed by atoms with E-state index < -0.39 is 23.5 Å². The molecule has 37 heavy (non-hydrogen) atoms. The lowest BCUT2D eigenvalue weighted by molar-refractivity contribution is -0.140. The Kier molecular flexibility index (Phi) is 6.68. The van der Waals surface area contributed by atoms with Gasteiger partial charge in [-0.1, -0.05) is 66.2 Å². The van der Waals surface area contributed by atoms with Crippen LogP contribution in [0.15, 0.2) is 90.5 Å². The van der Waals surface area contributed by atoms with E-state index in [1.165, 1.54) is 17.0 Å². The van der Waals surface area contributed by atoms with E-state index in [0.717, 1.165) is 10.8 Å². The molecule has 7 heteroatoms. The number of halogens is 2. The highest BCUT2D eigenvalue weighted by molar-refractivity contribution is 6.46. The number of carbonyl (C=O) groups excluding carboxylic acids is 2. The number of benzene rings is 4. The molecule has 0 radical (unpaired) electrons. The van der Waals surface area contributed by atoms with Crippen molar-refractivity contribution in [3.05, 3.63) is 118 Å². The van der Waals surface area contributed by atoms with Crippen molar-refractivity contribution >= 4 is 39.8 Å². The molecule has 1 unspecified atom stereocenters. The van der Waals surface area contributed by atoms with Crippen LogP contribution in [0.5, 0.6) is 5.75 Å². The summed E-state index contributed by atoms with van der Waals surface area (Å²) in [5.74, 6) is -1.91.